The summed E-state index contributed by atoms with van der Waals surface area (Å²) in [6, 6.07) is 22.7. The largest absolute Gasteiger partial charge is 0.271 e. The van der Waals surface area contributed by atoms with Crippen LogP contribution in [0.15, 0.2) is 92.5 Å². The Kier molecular flexibility index (Phi) is 6.26. The highest BCUT2D eigenvalue weighted by Crippen LogP contribution is 2.34. The maximum absolute atomic E-state index is 13.4. The Hall–Kier alpha value is -3.36. The minimum absolute atomic E-state index is 0.190. The van der Waals surface area contributed by atoms with E-state index in [1.807, 2.05) is 73.0 Å². The third kappa shape index (κ3) is 4.64. The molecule has 8 heteroatoms. The number of hydrazone groups is 1. The number of hydrogen-bond donors (Lipinski definition) is 0. The monoisotopic (exact) mass is 532 g/mol. The first-order valence-corrected chi connectivity index (χ1v) is 12.5. The van der Waals surface area contributed by atoms with E-state index in [1.54, 1.807) is 17.4 Å². The molecule has 4 aromatic rings. The first-order valence-electron chi connectivity index (χ1n) is 10.8. The maximum Gasteiger partial charge on any atom is 0.267 e. The van der Waals surface area contributed by atoms with Crippen molar-refractivity contribution in [3.05, 3.63) is 109 Å². The van der Waals surface area contributed by atoms with E-state index in [2.05, 4.69) is 21.0 Å². The van der Waals surface area contributed by atoms with Gasteiger partial charge in [0.25, 0.3) is 11.5 Å². The molecule has 0 radical (unpaired) electrons. The number of hydrogen-bond acceptors (Lipinski definition) is 5. The summed E-state index contributed by atoms with van der Waals surface area (Å²) in [5.74, 6) is -0.280. The topological polar surface area (TPSA) is 67.6 Å². The van der Waals surface area contributed by atoms with Crippen LogP contribution in [-0.2, 0) is 11.3 Å². The van der Waals surface area contributed by atoms with E-state index < -0.39 is 0 Å². The fraction of sp³-hybridized carbons (Fsp3) is 0.154. The highest BCUT2D eigenvalue weighted by molar-refractivity contribution is 9.10. The van der Waals surface area contributed by atoms with Gasteiger partial charge in [-0.05, 0) is 42.1 Å². The van der Waals surface area contributed by atoms with Gasteiger partial charge in [0.1, 0.15) is 6.54 Å². The number of carbonyl (C=O) groups is 1. The third-order valence-electron chi connectivity index (χ3n) is 5.71. The molecule has 1 unspecified atom stereocenters. The summed E-state index contributed by atoms with van der Waals surface area (Å²) in [7, 11) is 0. The first kappa shape index (κ1) is 22.4. The highest BCUT2D eigenvalue weighted by atomic mass is 79.9. The lowest BCUT2D eigenvalue weighted by Crippen LogP contribution is -2.34. The molecule has 0 saturated heterocycles. The van der Waals surface area contributed by atoms with Crippen molar-refractivity contribution in [2.45, 2.75) is 25.9 Å². The molecule has 0 spiro atoms. The van der Waals surface area contributed by atoms with Gasteiger partial charge < -0.3 is 0 Å². The van der Waals surface area contributed by atoms with Gasteiger partial charge >= 0.3 is 0 Å². The average Bonchev–Trinajstić information content (AvgIpc) is 3.51. The van der Waals surface area contributed by atoms with Gasteiger partial charge in [-0.3, -0.25) is 9.59 Å². The van der Waals surface area contributed by atoms with Crippen LogP contribution in [0.1, 0.15) is 28.5 Å². The zero-order valence-corrected chi connectivity index (χ0v) is 20.8. The number of halogens is 1. The van der Waals surface area contributed by atoms with E-state index in [1.165, 1.54) is 15.8 Å². The lowest BCUT2D eigenvalue weighted by Gasteiger charge is -2.22. The van der Waals surface area contributed by atoms with Crippen molar-refractivity contribution < 1.29 is 4.79 Å². The quantitative estimate of drug-likeness (QED) is 0.344. The fourth-order valence-corrected chi connectivity index (χ4v) is 5.06. The number of aromatic nitrogens is 2. The molecule has 3 heterocycles. The fourth-order valence-electron chi connectivity index (χ4n) is 3.94. The molecule has 1 atom stereocenters. The second-order valence-electron chi connectivity index (χ2n) is 8.12. The Morgan fingerprint density at radius 3 is 2.65 bits per heavy atom. The van der Waals surface area contributed by atoms with Crippen LogP contribution in [0, 0.1) is 6.92 Å². The van der Waals surface area contributed by atoms with E-state index in [0.717, 1.165) is 31.8 Å². The molecule has 1 aliphatic heterocycles. The molecular weight excluding hydrogens is 512 g/mol. The SMILES string of the molecule is Cc1ccc(C2CC(c3cccs3)=NN2C(=O)Cn2nc(-c3cccc(Br)c3)ccc2=O)cc1. The number of amides is 1. The number of rotatable bonds is 5. The van der Waals surface area contributed by atoms with Gasteiger partial charge in [0.05, 0.1) is 22.3 Å². The van der Waals surface area contributed by atoms with Gasteiger partial charge in [0.15, 0.2) is 0 Å². The van der Waals surface area contributed by atoms with Crippen molar-refractivity contribution >= 4 is 38.9 Å². The second kappa shape index (κ2) is 9.48. The van der Waals surface area contributed by atoms with Crippen LogP contribution in [0.3, 0.4) is 0 Å². The van der Waals surface area contributed by atoms with E-state index >= 15 is 0 Å². The minimum Gasteiger partial charge on any atom is -0.271 e. The van der Waals surface area contributed by atoms with Gasteiger partial charge in [0.2, 0.25) is 0 Å². The zero-order valence-electron chi connectivity index (χ0n) is 18.4. The maximum atomic E-state index is 13.4. The Morgan fingerprint density at radius 2 is 1.91 bits per heavy atom. The number of thiophene rings is 1. The number of carbonyl (C=O) groups excluding carboxylic acids is 1. The molecule has 0 saturated carbocycles. The molecule has 6 nitrogen and oxygen atoms in total. The smallest absolute Gasteiger partial charge is 0.267 e. The summed E-state index contributed by atoms with van der Waals surface area (Å²) in [5.41, 5.74) is 4.18. The van der Waals surface area contributed by atoms with Crippen LogP contribution in [0.2, 0.25) is 0 Å². The Labute approximate surface area is 209 Å². The van der Waals surface area contributed by atoms with Crippen LogP contribution < -0.4 is 5.56 Å². The zero-order chi connectivity index (χ0) is 23.7. The van der Waals surface area contributed by atoms with E-state index in [9.17, 15) is 9.59 Å². The van der Waals surface area contributed by atoms with E-state index in [-0.39, 0.29) is 24.1 Å². The molecule has 2 aromatic carbocycles. The molecule has 0 bridgehead atoms. The van der Waals surface area contributed by atoms with Crippen LogP contribution in [-0.4, -0.2) is 26.4 Å². The summed E-state index contributed by atoms with van der Waals surface area (Å²) >= 11 is 5.06. The van der Waals surface area contributed by atoms with Gasteiger partial charge in [0, 0.05) is 22.5 Å². The van der Waals surface area contributed by atoms with Gasteiger partial charge in [-0.1, -0.05) is 64.0 Å². The Bertz CT molecular complexity index is 1430. The van der Waals surface area contributed by atoms with E-state index in [0.29, 0.717) is 12.1 Å². The lowest BCUT2D eigenvalue weighted by atomic mass is 10.00. The molecule has 0 fully saturated rings. The lowest BCUT2D eigenvalue weighted by molar-refractivity contribution is -0.133. The van der Waals surface area contributed by atoms with Gasteiger partial charge in [-0.25, -0.2) is 9.69 Å². The predicted molar refractivity (Wildman–Crippen MR) is 138 cm³/mol. The number of nitrogens with zero attached hydrogens (tertiary/aromatic N) is 4. The molecule has 1 amide bonds. The summed E-state index contributed by atoms with van der Waals surface area (Å²) in [6.45, 7) is 1.84. The van der Waals surface area contributed by atoms with Gasteiger partial charge in [-0.15, -0.1) is 11.3 Å². The molecule has 2 aromatic heterocycles. The van der Waals surface area contributed by atoms with Crippen molar-refractivity contribution in [1.82, 2.24) is 14.8 Å². The third-order valence-corrected chi connectivity index (χ3v) is 7.12. The first-order chi connectivity index (χ1) is 16.5. The van der Waals surface area contributed by atoms with Crippen molar-refractivity contribution in [3.63, 3.8) is 0 Å². The Morgan fingerprint density at radius 1 is 1.09 bits per heavy atom. The van der Waals surface area contributed by atoms with E-state index in [4.69, 9.17) is 5.10 Å². The van der Waals surface area contributed by atoms with Crippen molar-refractivity contribution in [2.75, 3.05) is 0 Å². The molecular formula is C26H21BrN4O2S. The van der Waals surface area contributed by atoms with Crippen molar-refractivity contribution in [1.29, 1.82) is 0 Å². The standard InChI is InChI=1S/C26H21BrN4O2S/c1-17-7-9-18(10-8-17)23-15-22(24-6-3-13-34-24)29-31(23)26(33)16-30-25(32)12-11-21(28-30)19-4-2-5-20(27)14-19/h2-14,23H,15-16H2,1H3. The Balaban J connectivity index is 1.46. The summed E-state index contributed by atoms with van der Waals surface area (Å²) < 4.78 is 2.12. The summed E-state index contributed by atoms with van der Waals surface area (Å²) in [6.07, 6.45) is 0.621. The number of aryl methyl sites for hydroxylation is 1. The molecule has 170 valence electrons. The average molecular weight is 533 g/mol. The van der Waals surface area contributed by atoms with Crippen LogP contribution >= 0.6 is 27.3 Å². The van der Waals surface area contributed by atoms with Crippen molar-refractivity contribution in [2.24, 2.45) is 5.10 Å². The minimum atomic E-state index is -0.333. The van der Waals surface area contributed by atoms with Crippen LogP contribution in [0.4, 0.5) is 0 Å². The number of benzene rings is 2. The molecule has 0 aliphatic carbocycles. The van der Waals surface area contributed by atoms with Crippen LogP contribution in [0.25, 0.3) is 11.3 Å². The van der Waals surface area contributed by atoms with Crippen LogP contribution in [0.5, 0.6) is 0 Å². The molecule has 0 N–H and O–H groups in total. The molecule has 34 heavy (non-hydrogen) atoms. The van der Waals surface area contributed by atoms with Gasteiger partial charge in [-0.2, -0.15) is 10.2 Å². The van der Waals surface area contributed by atoms with Crippen molar-refractivity contribution in [3.8, 4) is 11.3 Å². The summed E-state index contributed by atoms with van der Waals surface area (Å²) in [5, 5.41) is 12.7. The molecule has 5 rings (SSSR count). The normalized spacial score (nSPS) is 15.4. The molecule has 1 aliphatic rings. The second-order valence-corrected chi connectivity index (χ2v) is 9.98. The summed E-state index contributed by atoms with van der Waals surface area (Å²) in [4.78, 5) is 27.0. The highest BCUT2D eigenvalue weighted by Gasteiger charge is 2.33. The predicted octanol–water partition coefficient (Wildman–Crippen LogP) is 5.42.